The molecule has 2 atom stereocenters. The maximum absolute atomic E-state index is 14.9. The van der Waals surface area contributed by atoms with E-state index in [0.717, 1.165) is 23.8 Å². The molecule has 0 spiro atoms. The van der Waals surface area contributed by atoms with Gasteiger partial charge in [0.1, 0.15) is 24.3 Å². The van der Waals surface area contributed by atoms with Gasteiger partial charge in [-0.1, -0.05) is 99.6 Å². The topological polar surface area (TPSA) is 121 Å². The minimum Gasteiger partial charge on any atom is -0.480 e. The molecule has 0 aliphatic heterocycles. The Labute approximate surface area is 291 Å². The number of nitrogens with one attached hydrogen (secondary N) is 1. The molecule has 3 aromatic rings. The fourth-order valence-electron chi connectivity index (χ4n) is 5.00. The van der Waals surface area contributed by atoms with Crippen molar-refractivity contribution in [1.82, 2.24) is 14.8 Å². The molecular formula is C38H57F2N3O6. The Morgan fingerprint density at radius 3 is 2.10 bits per heavy atom. The molecule has 9 nitrogen and oxygen atoms in total. The van der Waals surface area contributed by atoms with Crippen LogP contribution in [0.5, 0.6) is 0 Å². The van der Waals surface area contributed by atoms with Crippen molar-refractivity contribution in [2.45, 2.75) is 101 Å². The first-order valence-electron chi connectivity index (χ1n) is 17.1. The molecule has 0 aliphatic rings. The highest BCUT2D eigenvalue weighted by molar-refractivity contribution is 5.80. The lowest BCUT2D eigenvalue weighted by Gasteiger charge is -2.41. The third-order valence-electron chi connectivity index (χ3n) is 6.92. The Bertz CT molecular complexity index is 1410. The van der Waals surface area contributed by atoms with E-state index in [1.807, 2.05) is 97.2 Å². The number of aliphatic hydroxyl groups excluding tert-OH is 1. The molecule has 2 unspecified atom stereocenters. The van der Waals surface area contributed by atoms with Gasteiger partial charge in [-0.15, -0.1) is 0 Å². The maximum atomic E-state index is 14.9. The van der Waals surface area contributed by atoms with Crippen LogP contribution in [0.15, 0.2) is 60.8 Å². The lowest BCUT2D eigenvalue weighted by atomic mass is 9.82. The van der Waals surface area contributed by atoms with Crippen LogP contribution in [-0.4, -0.2) is 63.5 Å². The van der Waals surface area contributed by atoms with E-state index in [4.69, 9.17) is 4.74 Å². The molecular weight excluding hydrogens is 632 g/mol. The van der Waals surface area contributed by atoms with Crippen molar-refractivity contribution in [3.05, 3.63) is 83.7 Å². The van der Waals surface area contributed by atoms with Gasteiger partial charge in [-0.05, 0) is 48.1 Å². The van der Waals surface area contributed by atoms with E-state index < -0.39 is 53.7 Å². The standard InChI is InChI=1S/C32H39F2N3O6.3C2H6/c1-5-15-43-31(42)35-26(30(40)41)13-14-37(28(39)20-38)29(32(2,3)4)27-16-22(24-17-23(33)11-12-25(24)34)19-36(27)18-21-9-7-6-8-10-21;3*1-2/h6-12,16-17,19,26,29,38H,5,13-15,18,20H2,1-4H3,(H,35,42)(H,40,41);3*1-2H3. The van der Waals surface area contributed by atoms with E-state index in [1.54, 1.807) is 19.2 Å². The average molecular weight is 690 g/mol. The van der Waals surface area contributed by atoms with Crippen molar-refractivity contribution in [2.24, 2.45) is 5.41 Å². The molecule has 2 amide bonds. The fourth-order valence-corrected chi connectivity index (χ4v) is 5.00. The van der Waals surface area contributed by atoms with Gasteiger partial charge >= 0.3 is 12.1 Å². The number of carboxylic acids is 1. The van der Waals surface area contributed by atoms with Gasteiger partial charge in [-0.2, -0.15) is 0 Å². The molecule has 0 saturated carbocycles. The molecule has 0 aliphatic carbocycles. The van der Waals surface area contributed by atoms with Gasteiger partial charge in [0.05, 0.1) is 12.6 Å². The van der Waals surface area contributed by atoms with E-state index in [-0.39, 0.29) is 25.1 Å². The van der Waals surface area contributed by atoms with Crippen LogP contribution in [0, 0.1) is 17.0 Å². The number of alkyl carbamates (subject to hydrolysis) is 1. The number of amides is 2. The largest absolute Gasteiger partial charge is 0.480 e. The van der Waals surface area contributed by atoms with E-state index in [0.29, 0.717) is 24.2 Å². The van der Waals surface area contributed by atoms with E-state index >= 15 is 0 Å². The first kappa shape index (κ1) is 44.8. The molecule has 49 heavy (non-hydrogen) atoms. The van der Waals surface area contributed by atoms with Crippen molar-refractivity contribution in [3.63, 3.8) is 0 Å². The number of aliphatic hydroxyl groups is 1. The third-order valence-corrected chi connectivity index (χ3v) is 6.92. The number of hydrogen-bond acceptors (Lipinski definition) is 5. The molecule has 0 bridgehead atoms. The van der Waals surface area contributed by atoms with Crippen LogP contribution in [0.2, 0.25) is 0 Å². The number of aromatic nitrogens is 1. The SMILES string of the molecule is CC.CC.CC.CCCOC(=O)NC(CCN(C(=O)CO)C(c1cc(-c2cc(F)ccc2F)cn1Cc1ccccc1)C(C)(C)C)C(=O)O. The molecule has 0 radical (unpaired) electrons. The first-order chi connectivity index (χ1) is 23.3. The van der Waals surface area contributed by atoms with Gasteiger partial charge in [0.2, 0.25) is 5.91 Å². The molecule has 11 heteroatoms. The van der Waals surface area contributed by atoms with Crippen molar-refractivity contribution < 1.29 is 38.1 Å². The maximum Gasteiger partial charge on any atom is 0.407 e. The van der Waals surface area contributed by atoms with Gasteiger partial charge in [0.15, 0.2) is 0 Å². The molecule has 1 heterocycles. The highest BCUT2D eigenvalue weighted by Gasteiger charge is 2.38. The zero-order valence-electron chi connectivity index (χ0n) is 30.8. The number of carbonyl (C=O) groups is 3. The number of carboxylic acid groups (broad SMARTS) is 1. The fraction of sp³-hybridized carbons (Fsp3) is 0.500. The molecule has 2 aromatic carbocycles. The Morgan fingerprint density at radius 1 is 0.959 bits per heavy atom. The summed E-state index contributed by atoms with van der Waals surface area (Å²) in [7, 11) is 0. The van der Waals surface area contributed by atoms with Crippen LogP contribution in [0.4, 0.5) is 13.6 Å². The second-order valence-electron chi connectivity index (χ2n) is 11.4. The molecule has 3 rings (SSSR count). The molecule has 0 fully saturated rings. The Morgan fingerprint density at radius 2 is 1.57 bits per heavy atom. The van der Waals surface area contributed by atoms with E-state index in [1.165, 1.54) is 4.90 Å². The summed E-state index contributed by atoms with van der Waals surface area (Å²) < 4.78 is 35.9. The summed E-state index contributed by atoms with van der Waals surface area (Å²) in [5, 5.41) is 22.0. The van der Waals surface area contributed by atoms with E-state index in [2.05, 4.69) is 5.32 Å². The van der Waals surface area contributed by atoms with Crippen molar-refractivity contribution in [2.75, 3.05) is 19.8 Å². The number of rotatable bonds is 13. The Hall–Kier alpha value is -4.25. The number of halogens is 2. The number of aliphatic carboxylic acids is 1. The predicted octanol–water partition coefficient (Wildman–Crippen LogP) is 8.45. The number of carbonyl (C=O) groups excluding carboxylic acids is 2. The number of benzene rings is 2. The van der Waals surface area contributed by atoms with Crippen molar-refractivity contribution in [3.8, 4) is 11.1 Å². The zero-order valence-corrected chi connectivity index (χ0v) is 30.8. The van der Waals surface area contributed by atoms with Crippen LogP contribution in [0.1, 0.15) is 99.4 Å². The summed E-state index contributed by atoms with van der Waals surface area (Å²) in [6.07, 6.45) is 1.17. The number of nitrogens with zero attached hydrogens (tertiary/aromatic N) is 2. The van der Waals surface area contributed by atoms with Crippen LogP contribution in [0.3, 0.4) is 0 Å². The summed E-state index contributed by atoms with van der Waals surface area (Å²) >= 11 is 0. The first-order valence-corrected chi connectivity index (χ1v) is 17.1. The molecule has 1 aromatic heterocycles. The van der Waals surface area contributed by atoms with Crippen molar-refractivity contribution >= 4 is 18.0 Å². The van der Waals surface area contributed by atoms with Gasteiger partial charge < -0.3 is 29.7 Å². The number of ether oxygens (including phenoxy) is 1. The van der Waals surface area contributed by atoms with Gasteiger partial charge in [0.25, 0.3) is 0 Å². The zero-order chi connectivity index (χ0) is 37.7. The molecule has 0 saturated heterocycles. The average Bonchev–Trinajstić information content (AvgIpc) is 3.50. The summed E-state index contributed by atoms with van der Waals surface area (Å²) in [5.41, 5.74) is 1.23. The predicted molar refractivity (Wildman–Crippen MR) is 191 cm³/mol. The van der Waals surface area contributed by atoms with Crippen LogP contribution in [0.25, 0.3) is 11.1 Å². The lowest BCUT2D eigenvalue weighted by molar-refractivity contribution is -0.143. The minimum atomic E-state index is -1.37. The van der Waals surface area contributed by atoms with Crippen LogP contribution < -0.4 is 5.32 Å². The normalized spacial score (nSPS) is 11.6. The summed E-state index contributed by atoms with van der Waals surface area (Å²) in [4.78, 5) is 38.7. The summed E-state index contributed by atoms with van der Waals surface area (Å²) in [5.74, 6) is -3.20. The lowest BCUT2D eigenvalue weighted by Crippen LogP contribution is -2.47. The van der Waals surface area contributed by atoms with Crippen LogP contribution in [-0.2, 0) is 20.9 Å². The summed E-state index contributed by atoms with van der Waals surface area (Å²) in [6.45, 7) is 18.9. The van der Waals surface area contributed by atoms with E-state index in [9.17, 15) is 33.4 Å². The second-order valence-corrected chi connectivity index (χ2v) is 11.4. The quantitative estimate of drug-likeness (QED) is 0.166. The minimum absolute atomic E-state index is 0.0430. The summed E-state index contributed by atoms with van der Waals surface area (Å²) in [6, 6.07) is 12.2. The molecule has 3 N–H and O–H groups in total. The molecule has 274 valence electrons. The van der Waals surface area contributed by atoms with Gasteiger partial charge in [-0.25, -0.2) is 18.4 Å². The smallest absolute Gasteiger partial charge is 0.407 e. The Balaban J connectivity index is 0.00000363. The van der Waals surface area contributed by atoms with Gasteiger partial charge in [-0.3, -0.25) is 4.79 Å². The number of hydrogen-bond donors (Lipinski definition) is 3. The highest BCUT2D eigenvalue weighted by Crippen LogP contribution is 2.41. The Kier molecular flexibility index (Phi) is 21.2. The van der Waals surface area contributed by atoms with Gasteiger partial charge in [0, 0.05) is 36.1 Å². The monoisotopic (exact) mass is 689 g/mol. The highest BCUT2D eigenvalue weighted by atomic mass is 19.1. The second kappa shape index (κ2) is 23.2. The van der Waals surface area contributed by atoms with Crippen molar-refractivity contribution in [1.29, 1.82) is 0 Å². The van der Waals surface area contributed by atoms with Crippen LogP contribution >= 0.6 is 0 Å². The third kappa shape index (κ3) is 14.0.